The van der Waals surface area contributed by atoms with Crippen molar-refractivity contribution in [3.05, 3.63) is 56.5 Å². The molecular weight excluding hydrogens is 250 g/mol. The van der Waals surface area contributed by atoms with E-state index >= 15 is 0 Å². The minimum atomic E-state index is -0.389. The summed E-state index contributed by atoms with van der Waals surface area (Å²) in [6.45, 7) is 1.56. The van der Waals surface area contributed by atoms with Crippen molar-refractivity contribution in [2.75, 3.05) is 6.54 Å². The lowest BCUT2D eigenvalue weighted by Gasteiger charge is -2.03. The summed E-state index contributed by atoms with van der Waals surface area (Å²) in [6, 6.07) is 6.59. The Bertz CT molecular complexity index is 497. The summed E-state index contributed by atoms with van der Waals surface area (Å²) in [7, 11) is 0. The lowest BCUT2D eigenvalue weighted by atomic mass is 10.2. The number of hydrogen-bond acceptors (Lipinski definition) is 5. The Morgan fingerprint density at radius 1 is 1.33 bits per heavy atom. The van der Waals surface area contributed by atoms with Gasteiger partial charge >= 0.3 is 0 Å². The normalized spacial score (nSPS) is 10.4. The number of non-ortho nitro benzene ring substituents is 1. The Hall–Kier alpha value is -1.79. The predicted octanol–water partition coefficient (Wildman–Crippen LogP) is 2.38. The molecule has 2 rings (SSSR count). The van der Waals surface area contributed by atoms with E-state index in [4.69, 9.17) is 0 Å². The van der Waals surface area contributed by atoms with Crippen molar-refractivity contribution in [3.63, 3.8) is 0 Å². The van der Waals surface area contributed by atoms with Gasteiger partial charge in [0, 0.05) is 37.0 Å². The van der Waals surface area contributed by atoms with Crippen molar-refractivity contribution in [2.24, 2.45) is 0 Å². The molecular formula is C12H13N3O2S. The number of nitro groups is 1. The van der Waals surface area contributed by atoms with Crippen LogP contribution in [0.25, 0.3) is 0 Å². The molecule has 0 amide bonds. The molecule has 1 N–H and O–H groups in total. The topological polar surface area (TPSA) is 68.1 Å². The van der Waals surface area contributed by atoms with E-state index in [1.54, 1.807) is 23.5 Å². The molecule has 0 fully saturated rings. The maximum absolute atomic E-state index is 10.5. The van der Waals surface area contributed by atoms with E-state index in [9.17, 15) is 10.1 Å². The van der Waals surface area contributed by atoms with Crippen LogP contribution in [0.1, 0.15) is 11.3 Å². The van der Waals surface area contributed by atoms with Gasteiger partial charge in [-0.1, -0.05) is 12.1 Å². The number of rotatable bonds is 6. The number of nitro benzene ring substituents is 1. The zero-order valence-corrected chi connectivity index (χ0v) is 10.5. The highest BCUT2D eigenvalue weighted by Gasteiger charge is 2.03. The van der Waals surface area contributed by atoms with Gasteiger partial charge in [-0.05, 0) is 5.56 Å². The molecule has 1 aromatic heterocycles. The van der Waals surface area contributed by atoms with E-state index in [1.807, 2.05) is 10.9 Å². The second-order valence-electron chi connectivity index (χ2n) is 3.83. The number of aromatic nitrogens is 1. The van der Waals surface area contributed by atoms with Gasteiger partial charge in [-0.15, -0.1) is 11.3 Å². The maximum Gasteiger partial charge on any atom is 0.269 e. The van der Waals surface area contributed by atoms with Gasteiger partial charge in [0.1, 0.15) is 0 Å². The largest absolute Gasteiger partial charge is 0.312 e. The molecule has 0 saturated heterocycles. The summed E-state index contributed by atoms with van der Waals surface area (Å²) in [6.07, 6.45) is 0.899. The van der Waals surface area contributed by atoms with E-state index in [2.05, 4.69) is 10.3 Å². The molecule has 0 saturated carbocycles. The van der Waals surface area contributed by atoms with Crippen LogP contribution in [-0.4, -0.2) is 16.5 Å². The van der Waals surface area contributed by atoms with Crippen molar-refractivity contribution in [1.82, 2.24) is 10.3 Å². The van der Waals surface area contributed by atoms with Gasteiger partial charge in [0.2, 0.25) is 0 Å². The summed E-state index contributed by atoms with van der Waals surface area (Å²) in [5, 5.41) is 15.8. The molecule has 0 unspecified atom stereocenters. The average molecular weight is 263 g/mol. The molecule has 0 bridgehead atoms. The van der Waals surface area contributed by atoms with E-state index < -0.39 is 0 Å². The highest BCUT2D eigenvalue weighted by Crippen LogP contribution is 2.11. The molecule has 0 aliphatic rings. The number of hydrogen-bond donors (Lipinski definition) is 1. The second-order valence-corrected chi connectivity index (χ2v) is 4.55. The minimum absolute atomic E-state index is 0.126. The molecule has 1 heterocycles. The summed E-state index contributed by atoms with van der Waals surface area (Å²) >= 11 is 1.60. The van der Waals surface area contributed by atoms with Crippen molar-refractivity contribution in [2.45, 2.75) is 13.0 Å². The first-order chi connectivity index (χ1) is 8.75. The van der Waals surface area contributed by atoms with Crippen LogP contribution in [0.15, 0.2) is 35.2 Å². The predicted molar refractivity (Wildman–Crippen MR) is 70.6 cm³/mol. The van der Waals surface area contributed by atoms with Crippen LogP contribution in [0.5, 0.6) is 0 Å². The van der Waals surface area contributed by atoms with Crippen LogP contribution in [0.2, 0.25) is 0 Å². The van der Waals surface area contributed by atoms with Crippen molar-refractivity contribution in [3.8, 4) is 0 Å². The Balaban J connectivity index is 1.75. The summed E-state index contributed by atoms with van der Waals surface area (Å²) in [5.41, 5.74) is 4.09. The zero-order chi connectivity index (χ0) is 12.8. The Labute approximate surface area is 109 Å². The van der Waals surface area contributed by atoms with Crippen LogP contribution in [0.4, 0.5) is 5.69 Å². The first kappa shape index (κ1) is 12.7. The van der Waals surface area contributed by atoms with Crippen LogP contribution >= 0.6 is 11.3 Å². The average Bonchev–Trinajstić information content (AvgIpc) is 2.88. The fourth-order valence-corrected chi connectivity index (χ4v) is 2.14. The van der Waals surface area contributed by atoms with Gasteiger partial charge in [-0.25, -0.2) is 4.98 Å². The van der Waals surface area contributed by atoms with Gasteiger partial charge in [0.25, 0.3) is 5.69 Å². The quantitative estimate of drug-likeness (QED) is 0.493. The third-order valence-corrected chi connectivity index (χ3v) is 3.15. The van der Waals surface area contributed by atoms with E-state index in [0.29, 0.717) is 6.54 Å². The fourth-order valence-electron chi connectivity index (χ4n) is 1.55. The highest BCUT2D eigenvalue weighted by atomic mass is 32.1. The molecule has 18 heavy (non-hydrogen) atoms. The van der Waals surface area contributed by atoms with E-state index in [0.717, 1.165) is 24.2 Å². The number of thiazole rings is 1. The van der Waals surface area contributed by atoms with Crippen LogP contribution in [0.3, 0.4) is 0 Å². The summed E-state index contributed by atoms with van der Waals surface area (Å²) in [4.78, 5) is 14.3. The lowest BCUT2D eigenvalue weighted by molar-refractivity contribution is -0.384. The Kier molecular flexibility index (Phi) is 4.38. The van der Waals surface area contributed by atoms with Gasteiger partial charge in [0.05, 0.1) is 16.1 Å². The van der Waals surface area contributed by atoms with Gasteiger partial charge in [-0.2, -0.15) is 0 Å². The van der Waals surface area contributed by atoms with Crippen molar-refractivity contribution in [1.29, 1.82) is 0 Å². The number of nitrogens with zero attached hydrogens (tertiary/aromatic N) is 2. The standard InChI is InChI=1S/C12H13N3O2S/c16-15(17)12-3-1-10(2-4-12)7-13-6-5-11-8-18-9-14-11/h1-4,8-9,13H,5-7H2. The molecule has 94 valence electrons. The first-order valence-corrected chi connectivity index (χ1v) is 6.51. The Morgan fingerprint density at radius 2 is 2.11 bits per heavy atom. The molecule has 0 spiro atoms. The number of benzene rings is 1. The second kappa shape index (κ2) is 6.23. The fraction of sp³-hybridized carbons (Fsp3) is 0.250. The molecule has 0 atom stereocenters. The molecule has 1 aromatic carbocycles. The minimum Gasteiger partial charge on any atom is -0.312 e. The smallest absolute Gasteiger partial charge is 0.269 e. The maximum atomic E-state index is 10.5. The van der Waals surface area contributed by atoms with Crippen LogP contribution in [-0.2, 0) is 13.0 Å². The van der Waals surface area contributed by atoms with Gasteiger partial charge < -0.3 is 5.32 Å². The molecule has 0 radical (unpaired) electrons. The number of nitrogens with one attached hydrogen (secondary N) is 1. The molecule has 6 heteroatoms. The monoisotopic (exact) mass is 263 g/mol. The van der Waals surface area contributed by atoms with E-state index in [1.165, 1.54) is 12.1 Å². The molecule has 5 nitrogen and oxygen atoms in total. The highest BCUT2D eigenvalue weighted by molar-refractivity contribution is 7.07. The molecule has 2 aromatic rings. The molecule has 0 aliphatic heterocycles. The Morgan fingerprint density at radius 3 is 2.72 bits per heavy atom. The lowest BCUT2D eigenvalue weighted by Crippen LogP contribution is -2.16. The SMILES string of the molecule is O=[N+]([O-])c1ccc(CNCCc2cscn2)cc1. The first-order valence-electron chi connectivity index (χ1n) is 5.57. The van der Waals surface area contributed by atoms with Crippen LogP contribution < -0.4 is 5.32 Å². The summed E-state index contributed by atoms with van der Waals surface area (Å²) < 4.78 is 0. The van der Waals surface area contributed by atoms with Gasteiger partial charge in [0.15, 0.2) is 0 Å². The van der Waals surface area contributed by atoms with Crippen LogP contribution in [0, 0.1) is 10.1 Å². The van der Waals surface area contributed by atoms with E-state index in [-0.39, 0.29) is 10.6 Å². The zero-order valence-electron chi connectivity index (χ0n) is 9.70. The van der Waals surface area contributed by atoms with Crippen molar-refractivity contribution >= 4 is 17.0 Å². The third kappa shape index (κ3) is 3.61. The third-order valence-electron chi connectivity index (χ3n) is 2.52. The van der Waals surface area contributed by atoms with Gasteiger partial charge in [-0.3, -0.25) is 10.1 Å². The summed E-state index contributed by atoms with van der Waals surface area (Å²) in [5.74, 6) is 0. The van der Waals surface area contributed by atoms with Crippen molar-refractivity contribution < 1.29 is 4.92 Å². The molecule has 0 aliphatic carbocycles.